The van der Waals surface area contributed by atoms with Crippen LogP contribution < -0.4 is 4.74 Å². The molecule has 0 aliphatic heterocycles. The first-order valence-electron chi connectivity index (χ1n) is 7.94. The highest BCUT2D eigenvalue weighted by atomic mass is 79.9. The molecule has 0 spiro atoms. The van der Waals surface area contributed by atoms with Crippen molar-refractivity contribution in [2.75, 3.05) is 6.61 Å². The molecule has 1 aromatic heterocycles. The maximum atomic E-state index is 6.22. The number of aromatic nitrogens is 1. The number of hydrogen-bond donors (Lipinski definition) is 0. The molecule has 0 aliphatic carbocycles. The molecule has 5 heteroatoms. The van der Waals surface area contributed by atoms with E-state index in [4.69, 9.17) is 9.16 Å². The molecular formula is C18H26BrNO2Si. The predicted molar refractivity (Wildman–Crippen MR) is 103 cm³/mol. The molecule has 0 fully saturated rings. The molecule has 2 aromatic rings. The first-order chi connectivity index (χ1) is 10.6. The molecule has 2 rings (SSSR count). The fraction of sp³-hybridized carbons (Fsp3) is 0.500. The molecule has 1 heterocycles. The van der Waals surface area contributed by atoms with Gasteiger partial charge in [-0.1, -0.05) is 36.7 Å². The second kappa shape index (κ2) is 6.91. The lowest BCUT2D eigenvalue weighted by Crippen LogP contribution is -2.43. The molecule has 0 saturated carbocycles. The van der Waals surface area contributed by atoms with E-state index in [-0.39, 0.29) is 11.1 Å². The molecule has 126 valence electrons. The Morgan fingerprint density at radius 2 is 1.91 bits per heavy atom. The number of benzene rings is 1. The van der Waals surface area contributed by atoms with Crippen LogP contribution in [-0.4, -0.2) is 26.0 Å². The van der Waals surface area contributed by atoms with Gasteiger partial charge in [-0.15, -0.1) is 0 Å². The zero-order chi connectivity index (χ0) is 17.3. The quantitative estimate of drug-likeness (QED) is 0.600. The van der Waals surface area contributed by atoms with Crippen LogP contribution in [0, 0.1) is 0 Å². The number of pyridine rings is 1. The van der Waals surface area contributed by atoms with E-state index in [0.717, 1.165) is 21.1 Å². The van der Waals surface area contributed by atoms with Crippen molar-refractivity contribution in [3.05, 3.63) is 34.9 Å². The summed E-state index contributed by atoms with van der Waals surface area (Å²) >= 11 is 3.49. The second-order valence-corrected chi connectivity index (χ2v) is 13.2. The minimum absolute atomic E-state index is 0.00414. The zero-order valence-electron chi connectivity index (χ0n) is 14.8. The van der Waals surface area contributed by atoms with Gasteiger partial charge in [0.1, 0.15) is 11.9 Å². The van der Waals surface area contributed by atoms with Gasteiger partial charge in [0.2, 0.25) is 0 Å². The summed E-state index contributed by atoms with van der Waals surface area (Å²) in [5, 5.41) is 1.28. The van der Waals surface area contributed by atoms with E-state index >= 15 is 0 Å². The Labute approximate surface area is 148 Å². The first kappa shape index (κ1) is 18.4. The molecule has 0 bridgehead atoms. The van der Waals surface area contributed by atoms with Gasteiger partial charge >= 0.3 is 0 Å². The average molecular weight is 396 g/mol. The van der Waals surface area contributed by atoms with E-state index in [2.05, 4.69) is 54.8 Å². The molecule has 23 heavy (non-hydrogen) atoms. The SMILES string of the molecule is C[C@@H](CO[Si](C)(C)C(C)(C)C)Oc1cnc2ccc(Br)cc2c1. The highest BCUT2D eigenvalue weighted by Crippen LogP contribution is 2.36. The van der Waals surface area contributed by atoms with Crippen molar-refractivity contribution < 1.29 is 9.16 Å². The lowest BCUT2D eigenvalue weighted by Gasteiger charge is -2.36. The van der Waals surface area contributed by atoms with Crippen molar-refractivity contribution in [2.24, 2.45) is 0 Å². The summed E-state index contributed by atoms with van der Waals surface area (Å²) in [7, 11) is -1.74. The monoisotopic (exact) mass is 395 g/mol. The topological polar surface area (TPSA) is 31.4 Å². The van der Waals surface area contributed by atoms with Crippen LogP contribution >= 0.6 is 15.9 Å². The van der Waals surface area contributed by atoms with Gasteiger partial charge in [0.25, 0.3) is 0 Å². The van der Waals surface area contributed by atoms with Crippen molar-refractivity contribution in [3.63, 3.8) is 0 Å². The van der Waals surface area contributed by atoms with Gasteiger partial charge in [-0.3, -0.25) is 4.98 Å². The zero-order valence-corrected chi connectivity index (χ0v) is 17.4. The molecule has 0 unspecified atom stereocenters. The van der Waals surface area contributed by atoms with E-state index in [1.807, 2.05) is 31.2 Å². The lowest BCUT2D eigenvalue weighted by atomic mass is 10.2. The second-order valence-electron chi connectivity index (χ2n) is 7.51. The highest BCUT2D eigenvalue weighted by molar-refractivity contribution is 9.10. The first-order valence-corrected chi connectivity index (χ1v) is 11.6. The maximum absolute atomic E-state index is 6.22. The van der Waals surface area contributed by atoms with Crippen LogP contribution in [0.15, 0.2) is 34.9 Å². The molecule has 1 atom stereocenters. The number of hydrogen-bond acceptors (Lipinski definition) is 3. The van der Waals surface area contributed by atoms with E-state index in [1.165, 1.54) is 0 Å². The molecule has 0 amide bonds. The Morgan fingerprint density at radius 1 is 1.22 bits per heavy atom. The lowest BCUT2D eigenvalue weighted by molar-refractivity contribution is 0.134. The number of ether oxygens (including phenoxy) is 1. The van der Waals surface area contributed by atoms with E-state index < -0.39 is 8.32 Å². The van der Waals surface area contributed by atoms with Gasteiger partial charge in [0.05, 0.1) is 18.3 Å². The number of halogens is 1. The van der Waals surface area contributed by atoms with Gasteiger partial charge in [-0.2, -0.15) is 0 Å². The van der Waals surface area contributed by atoms with Crippen molar-refractivity contribution in [1.82, 2.24) is 4.98 Å². The highest BCUT2D eigenvalue weighted by Gasteiger charge is 2.37. The summed E-state index contributed by atoms with van der Waals surface area (Å²) in [4.78, 5) is 4.45. The molecule has 0 aliphatic rings. The summed E-state index contributed by atoms with van der Waals surface area (Å²) < 4.78 is 13.3. The number of fused-ring (bicyclic) bond motifs is 1. The van der Waals surface area contributed by atoms with Crippen LogP contribution in [-0.2, 0) is 4.43 Å². The van der Waals surface area contributed by atoms with Crippen LogP contribution in [0.3, 0.4) is 0 Å². The van der Waals surface area contributed by atoms with Crippen molar-refractivity contribution in [1.29, 1.82) is 0 Å². The van der Waals surface area contributed by atoms with Crippen LogP contribution in [0.25, 0.3) is 10.9 Å². The van der Waals surface area contributed by atoms with Crippen molar-refractivity contribution in [3.8, 4) is 5.75 Å². The molecule has 3 nitrogen and oxygen atoms in total. The van der Waals surface area contributed by atoms with Gasteiger partial charge in [0, 0.05) is 9.86 Å². The Morgan fingerprint density at radius 3 is 2.57 bits per heavy atom. The molecule has 0 saturated heterocycles. The largest absolute Gasteiger partial charge is 0.487 e. The average Bonchev–Trinajstić information content (AvgIpc) is 2.43. The van der Waals surface area contributed by atoms with Crippen LogP contribution in [0.1, 0.15) is 27.7 Å². The third-order valence-corrected chi connectivity index (χ3v) is 9.43. The van der Waals surface area contributed by atoms with Crippen LogP contribution in [0.2, 0.25) is 18.1 Å². The molecule has 0 N–H and O–H groups in total. The fourth-order valence-corrected chi connectivity index (χ4v) is 3.42. The Balaban J connectivity index is 2.01. The molecule has 1 aromatic carbocycles. The van der Waals surface area contributed by atoms with Crippen LogP contribution in [0.5, 0.6) is 5.75 Å². The van der Waals surface area contributed by atoms with Gasteiger partial charge < -0.3 is 9.16 Å². The van der Waals surface area contributed by atoms with Gasteiger partial charge in [-0.05, 0) is 49.3 Å². The van der Waals surface area contributed by atoms with E-state index in [1.54, 1.807) is 6.20 Å². The van der Waals surface area contributed by atoms with Crippen molar-refractivity contribution in [2.45, 2.75) is 51.9 Å². The Kier molecular flexibility index (Phi) is 5.54. The van der Waals surface area contributed by atoms with Crippen molar-refractivity contribution >= 4 is 35.2 Å². The van der Waals surface area contributed by atoms with E-state index in [0.29, 0.717) is 6.61 Å². The Bertz CT molecular complexity index is 682. The predicted octanol–water partition coefficient (Wildman–Crippen LogP) is 5.79. The number of rotatable bonds is 5. The Hall–Kier alpha value is -0.913. The van der Waals surface area contributed by atoms with Crippen LogP contribution in [0.4, 0.5) is 0 Å². The van der Waals surface area contributed by atoms with Gasteiger partial charge in [0.15, 0.2) is 8.32 Å². The third-order valence-electron chi connectivity index (χ3n) is 4.44. The minimum Gasteiger partial charge on any atom is -0.487 e. The summed E-state index contributed by atoms with van der Waals surface area (Å²) in [6.45, 7) is 13.9. The van der Waals surface area contributed by atoms with E-state index in [9.17, 15) is 0 Å². The summed E-state index contributed by atoms with van der Waals surface area (Å²) in [5.74, 6) is 0.780. The standard InChI is InChI=1S/C18H26BrNO2Si/c1-13(12-21-23(5,6)18(2,3)4)22-16-10-14-9-15(19)7-8-17(14)20-11-16/h7-11,13H,12H2,1-6H3/t13-/m0/s1. The smallest absolute Gasteiger partial charge is 0.192 e. The molecule has 0 radical (unpaired) electrons. The fourth-order valence-electron chi connectivity index (χ4n) is 1.96. The summed E-state index contributed by atoms with van der Waals surface area (Å²) in [6.07, 6.45) is 1.77. The normalized spacial score (nSPS) is 14.0. The van der Waals surface area contributed by atoms with Gasteiger partial charge in [-0.25, -0.2) is 0 Å². The number of nitrogens with zero attached hydrogens (tertiary/aromatic N) is 1. The molecular weight excluding hydrogens is 370 g/mol. The summed E-state index contributed by atoms with van der Waals surface area (Å²) in [5.41, 5.74) is 0.964. The minimum atomic E-state index is -1.74. The maximum Gasteiger partial charge on any atom is 0.192 e. The summed E-state index contributed by atoms with van der Waals surface area (Å²) in [6, 6.07) is 8.06. The third kappa shape index (κ3) is 4.78.